The van der Waals surface area contributed by atoms with Gasteiger partial charge < -0.3 is 15.4 Å². The molecule has 0 aromatic carbocycles. The van der Waals surface area contributed by atoms with Crippen LogP contribution in [0.15, 0.2) is 30.3 Å². The van der Waals surface area contributed by atoms with Crippen LogP contribution in [0.25, 0.3) is 0 Å². The van der Waals surface area contributed by atoms with E-state index in [-0.39, 0.29) is 30.0 Å². The Morgan fingerprint density at radius 3 is 2.17 bits per heavy atom. The topological polar surface area (TPSA) is 48.9 Å². The van der Waals surface area contributed by atoms with Crippen LogP contribution in [-0.2, 0) is 4.74 Å². The molecule has 0 aliphatic heterocycles. The minimum atomic E-state index is 0. The Hall–Kier alpha value is -0.600. The highest BCUT2D eigenvalue weighted by molar-refractivity contribution is 14.0. The molecule has 0 amide bonds. The quantitative estimate of drug-likeness (QED) is 0.225. The number of hydrogen-bond donors (Lipinski definition) is 2. The molecule has 0 rings (SSSR count). The van der Waals surface area contributed by atoms with Crippen LogP contribution in [0.3, 0.4) is 0 Å². The highest BCUT2D eigenvalue weighted by Crippen LogP contribution is 2.10. The number of ether oxygens (including phenoxy) is 1. The molecule has 0 heterocycles. The lowest BCUT2D eigenvalue weighted by molar-refractivity contribution is 0.177. The first-order valence-electron chi connectivity index (χ1n) is 7.92. The number of guanidine groups is 1. The summed E-state index contributed by atoms with van der Waals surface area (Å²) >= 11 is 0. The van der Waals surface area contributed by atoms with Gasteiger partial charge in [-0.1, -0.05) is 26.0 Å². The van der Waals surface area contributed by atoms with E-state index in [0.29, 0.717) is 18.6 Å². The van der Waals surface area contributed by atoms with Gasteiger partial charge in [0, 0.05) is 45.9 Å². The van der Waals surface area contributed by atoms with Gasteiger partial charge in [0.2, 0.25) is 0 Å². The average molecular weight is 438 g/mol. The van der Waals surface area contributed by atoms with E-state index in [0.717, 1.165) is 25.6 Å². The van der Waals surface area contributed by atoms with E-state index in [4.69, 9.17) is 4.74 Å². The van der Waals surface area contributed by atoms with Gasteiger partial charge in [-0.05, 0) is 12.8 Å². The third-order valence-corrected chi connectivity index (χ3v) is 3.47. The Kier molecular flexibility index (Phi) is 16.0. The Morgan fingerprint density at radius 1 is 1.22 bits per heavy atom. The van der Waals surface area contributed by atoms with Crippen LogP contribution in [0, 0.1) is 5.92 Å². The summed E-state index contributed by atoms with van der Waals surface area (Å²) in [5, 5.41) is 6.73. The van der Waals surface area contributed by atoms with E-state index in [1.54, 1.807) is 14.2 Å². The van der Waals surface area contributed by atoms with Gasteiger partial charge >= 0.3 is 0 Å². The van der Waals surface area contributed by atoms with Crippen molar-refractivity contribution in [3.63, 3.8) is 0 Å². The zero-order chi connectivity index (χ0) is 17.0. The maximum atomic E-state index is 5.14. The minimum Gasteiger partial charge on any atom is -0.383 e. The molecule has 0 aliphatic rings. The molecule has 0 aromatic heterocycles. The summed E-state index contributed by atoms with van der Waals surface area (Å²) in [4.78, 5) is 6.64. The fraction of sp³-hybridized carbons (Fsp3) is 0.706. The first kappa shape index (κ1) is 24.6. The van der Waals surface area contributed by atoms with Gasteiger partial charge in [0.1, 0.15) is 0 Å². The van der Waals surface area contributed by atoms with E-state index >= 15 is 0 Å². The van der Waals surface area contributed by atoms with Gasteiger partial charge in [-0.2, -0.15) is 0 Å². The number of methoxy groups -OCH3 is 1. The van der Waals surface area contributed by atoms with Gasteiger partial charge in [0.15, 0.2) is 5.96 Å². The second-order valence-electron chi connectivity index (χ2n) is 5.80. The standard InChI is InChI=1S/C17H34N4O.HI/c1-8-10-21(11-9-2)16(14(3)4)12-19-17(18-6)20-15(5)13-22-7;/h8-9,14-16H,1-2,10-13H2,3-7H3,(H2,18,19,20);1H. The minimum absolute atomic E-state index is 0. The summed E-state index contributed by atoms with van der Waals surface area (Å²) in [6.45, 7) is 17.4. The van der Waals surface area contributed by atoms with Crippen molar-refractivity contribution >= 4 is 29.9 Å². The molecule has 0 aromatic rings. The number of aliphatic imine (C=N–C) groups is 1. The van der Waals surface area contributed by atoms with Crippen LogP contribution >= 0.6 is 24.0 Å². The van der Waals surface area contributed by atoms with E-state index in [1.165, 1.54) is 0 Å². The van der Waals surface area contributed by atoms with Gasteiger partial charge in [0.25, 0.3) is 0 Å². The second-order valence-corrected chi connectivity index (χ2v) is 5.80. The van der Waals surface area contributed by atoms with Crippen molar-refractivity contribution in [3.8, 4) is 0 Å². The molecule has 6 heteroatoms. The molecule has 2 N–H and O–H groups in total. The van der Waals surface area contributed by atoms with Gasteiger partial charge in [-0.15, -0.1) is 37.1 Å². The zero-order valence-corrected chi connectivity index (χ0v) is 17.7. The molecule has 0 aliphatic carbocycles. The fourth-order valence-corrected chi connectivity index (χ4v) is 2.38. The lowest BCUT2D eigenvalue weighted by atomic mass is 10.0. The van der Waals surface area contributed by atoms with E-state index in [1.807, 2.05) is 12.2 Å². The molecule has 5 nitrogen and oxygen atoms in total. The Labute approximate surface area is 159 Å². The lowest BCUT2D eigenvalue weighted by Gasteiger charge is -2.33. The number of nitrogens with zero attached hydrogens (tertiary/aromatic N) is 2. The third kappa shape index (κ3) is 10.7. The summed E-state index contributed by atoms with van der Waals surface area (Å²) in [7, 11) is 3.48. The van der Waals surface area contributed by atoms with Gasteiger partial charge in [-0.25, -0.2) is 0 Å². The maximum absolute atomic E-state index is 5.14. The van der Waals surface area contributed by atoms with Crippen LogP contribution < -0.4 is 10.6 Å². The average Bonchev–Trinajstić information content (AvgIpc) is 2.46. The molecule has 136 valence electrons. The Balaban J connectivity index is 0. The normalized spacial score (nSPS) is 14.1. The SMILES string of the molecule is C=CCN(CC=C)C(CNC(=NC)NC(C)COC)C(C)C.I. The molecule has 23 heavy (non-hydrogen) atoms. The fourth-order valence-electron chi connectivity index (χ4n) is 2.38. The number of hydrogen-bond acceptors (Lipinski definition) is 3. The summed E-state index contributed by atoms with van der Waals surface area (Å²) in [5.74, 6) is 1.31. The van der Waals surface area contributed by atoms with E-state index < -0.39 is 0 Å². The molecule has 0 saturated heterocycles. The van der Waals surface area contributed by atoms with Crippen LogP contribution in [-0.4, -0.2) is 63.3 Å². The van der Waals surface area contributed by atoms with Crippen LogP contribution in [0.1, 0.15) is 20.8 Å². The smallest absolute Gasteiger partial charge is 0.191 e. The predicted octanol–water partition coefficient (Wildman–Crippen LogP) is 2.50. The Bertz CT molecular complexity index is 337. The molecule has 0 bridgehead atoms. The van der Waals surface area contributed by atoms with Crippen LogP contribution in [0.4, 0.5) is 0 Å². The van der Waals surface area contributed by atoms with E-state index in [9.17, 15) is 0 Å². The summed E-state index contributed by atoms with van der Waals surface area (Å²) in [6, 6.07) is 0.596. The van der Waals surface area contributed by atoms with Crippen molar-refractivity contribution < 1.29 is 4.74 Å². The Morgan fingerprint density at radius 2 is 1.78 bits per heavy atom. The molecule has 2 unspecified atom stereocenters. The number of nitrogens with one attached hydrogen (secondary N) is 2. The highest BCUT2D eigenvalue weighted by atomic mass is 127. The van der Waals surface area contributed by atoms with Gasteiger partial charge in [0.05, 0.1) is 6.61 Å². The molecule has 0 fully saturated rings. The van der Waals surface area contributed by atoms with Gasteiger partial charge in [-0.3, -0.25) is 9.89 Å². The van der Waals surface area contributed by atoms with Crippen molar-refractivity contribution in [2.45, 2.75) is 32.9 Å². The predicted molar refractivity (Wildman–Crippen MR) is 112 cm³/mol. The lowest BCUT2D eigenvalue weighted by Crippen LogP contribution is -2.51. The molecular formula is C17H35IN4O. The maximum Gasteiger partial charge on any atom is 0.191 e. The monoisotopic (exact) mass is 438 g/mol. The third-order valence-electron chi connectivity index (χ3n) is 3.47. The molecular weight excluding hydrogens is 403 g/mol. The number of halogens is 1. The summed E-state index contributed by atoms with van der Waals surface area (Å²) < 4.78 is 5.14. The largest absolute Gasteiger partial charge is 0.383 e. The first-order chi connectivity index (χ1) is 10.5. The van der Waals surface area contributed by atoms with E-state index in [2.05, 4.69) is 54.5 Å². The summed E-state index contributed by atoms with van der Waals surface area (Å²) in [6.07, 6.45) is 3.87. The molecule has 0 spiro atoms. The second kappa shape index (κ2) is 15.0. The molecule has 0 radical (unpaired) electrons. The van der Waals surface area contributed by atoms with Crippen molar-refractivity contribution in [1.29, 1.82) is 0 Å². The zero-order valence-electron chi connectivity index (χ0n) is 15.3. The van der Waals surface area contributed by atoms with Crippen molar-refractivity contribution in [1.82, 2.24) is 15.5 Å². The molecule has 2 atom stereocenters. The number of rotatable bonds is 11. The first-order valence-corrected chi connectivity index (χ1v) is 7.92. The highest BCUT2D eigenvalue weighted by Gasteiger charge is 2.20. The summed E-state index contributed by atoms with van der Waals surface area (Å²) in [5.41, 5.74) is 0. The van der Waals surface area contributed by atoms with Crippen LogP contribution in [0.5, 0.6) is 0 Å². The van der Waals surface area contributed by atoms with Crippen LogP contribution in [0.2, 0.25) is 0 Å². The van der Waals surface area contributed by atoms with Crippen molar-refractivity contribution in [2.24, 2.45) is 10.9 Å². The molecule has 0 saturated carbocycles. The van der Waals surface area contributed by atoms with Crippen molar-refractivity contribution in [2.75, 3.05) is 40.4 Å². The van der Waals surface area contributed by atoms with Crippen molar-refractivity contribution in [3.05, 3.63) is 25.3 Å².